The number of piperidine rings is 1. The van der Waals surface area contributed by atoms with Crippen molar-refractivity contribution in [1.29, 1.82) is 0 Å². The molecule has 1 aliphatic rings. The van der Waals surface area contributed by atoms with Gasteiger partial charge in [0.2, 0.25) is 5.91 Å². The molecule has 2 heterocycles. The monoisotopic (exact) mass is 431 g/mol. The van der Waals surface area contributed by atoms with E-state index < -0.39 is 11.9 Å². The Balaban J connectivity index is 1.52. The van der Waals surface area contributed by atoms with Crippen LogP contribution in [-0.2, 0) is 11.2 Å². The molecule has 4 rings (SSSR count). The van der Waals surface area contributed by atoms with Gasteiger partial charge in [-0.05, 0) is 55.9 Å². The molecule has 1 aliphatic heterocycles. The van der Waals surface area contributed by atoms with Crippen molar-refractivity contribution in [2.24, 2.45) is 0 Å². The Bertz CT molecular complexity index is 1080. The molecule has 2 amide bonds. The zero-order chi connectivity index (χ0) is 22.5. The molecule has 3 aromatic rings. The Morgan fingerprint density at radius 2 is 1.75 bits per heavy atom. The number of likely N-dealkylation sites (tertiary alicyclic amines) is 1. The summed E-state index contributed by atoms with van der Waals surface area (Å²) in [6.07, 6.45) is 3.57. The van der Waals surface area contributed by atoms with Crippen molar-refractivity contribution in [3.8, 4) is 11.3 Å². The van der Waals surface area contributed by atoms with Gasteiger partial charge in [0.25, 0.3) is 5.91 Å². The molecule has 0 unspecified atom stereocenters. The first-order valence-electron chi connectivity index (χ1n) is 11.2. The summed E-state index contributed by atoms with van der Waals surface area (Å²) in [4.78, 5) is 28.1. The second-order valence-corrected chi connectivity index (χ2v) is 8.48. The van der Waals surface area contributed by atoms with E-state index in [1.807, 2.05) is 67.3 Å². The standard InChI is InChI=1S/C26H29N3O3/c1-18-11-12-21(15-19(18)2)24-17-22(28-32-24)25(30)27-23(16-20-9-5-3-6-10-20)26(31)29-13-7-4-8-14-29/h3,5-6,9-12,15,17,23H,4,7-8,13-14,16H2,1-2H3,(H,27,30)/t23-/m1/s1. The lowest BCUT2D eigenvalue weighted by Gasteiger charge is -2.30. The van der Waals surface area contributed by atoms with Gasteiger partial charge in [0.1, 0.15) is 6.04 Å². The summed E-state index contributed by atoms with van der Waals surface area (Å²) in [5, 5.41) is 6.88. The number of benzene rings is 2. The molecule has 1 N–H and O–H groups in total. The summed E-state index contributed by atoms with van der Waals surface area (Å²) in [7, 11) is 0. The lowest BCUT2D eigenvalue weighted by Crippen LogP contribution is -2.51. The average molecular weight is 432 g/mol. The minimum atomic E-state index is -0.648. The third-order valence-electron chi connectivity index (χ3n) is 6.09. The van der Waals surface area contributed by atoms with Crippen molar-refractivity contribution in [1.82, 2.24) is 15.4 Å². The molecule has 1 atom stereocenters. The highest BCUT2D eigenvalue weighted by molar-refractivity contribution is 5.96. The fourth-order valence-corrected chi connectivity index (χ4v) is 4.03. The van der Waals surface area contributed by atoms with Gasteiger partial charge in [0.15, 0.2) is 11.5 Å². The third-order valence-corrected chi connectivity index (χ3v) is 6.09. The number of rotatable bonds is 6. The molecule has 0 aliphatic carbocycles. The van der Waals surface area contributed by atoms with Crippen LogP contribution in [0.4, 0.5) is 0 Å². The van der Waals surface area contributed by atoms with Crippen LogP contribution >= 0.6 is 0 Å². The van der Waals surface area contributed by atoms with E-state index in [0.29, 0.717) is 12.2 Å². The van der Waals surface area contributed by atoms with Crippen molar-refractivity contribution < 1.29 is 14.1 Å². The molecule has 1 aromatic heterocycles. The Kier molecular flexibility index (Phi) is 6.69. The number of aryl methyl sites for hydroxylation is 2. The maximum atomic E-state index is 13.2. The lowest BCUT2D eigenvalue weighted by atomic mass is 10.0. The van der Waals surface area contributed by atoms with Gasteiger partial charge in [-0.3, -0.25) is 9.59 Å². The summed E-state index contributed by atoms with van der Waals surface area (Å²) in [6, 6.07) is 16.7. The van der Waals surface area contributed by atoms with E-state index in [1.165, 1.54) is 5.56 Å². The third kappa shape index (κ3) is 5.07. The quantitative estimate of drug-likeness (QED) is 0.631. The van der Waals surface area contributed by atoms with Crippen LogP contribution in [0.1, 0.15) is 46.4 Å². The average Bonchev–Trinajstić information content (AvgIpc) is 3.32. The van der Waals surface area contributed by atoms with E-state index in [4.69, 9.17) is 4.52 Å². The Labute approximate surface area is 188 Å². The fraction of sp³-hybridized carbons (Fsp3) is 0.346. The van der Waals surface area contributed by atoms with Gasteiger partial charge < -0.3 is 14.7 Å². The van der Waals surface area contributed by atoms with Crippen LogP contribution in [0.25, 0.3) is 11.3 Å². The number of amides is 2. The minimum Gasteiger partial charge on any atom is -0.355 e. The summed E-state index contributed by atoms with van der Waals surface area (Å²) in [5.74, 6) is 0.0788. The van der Waals surface area contributed by atoms with Crippen molar-refractivity contribution in [3.63, 3.8) is 0 Å². The molecular weight excluding hydrogens is 402 g/mol. The molecule has 166 valence electrons. The van der Waals surface area contributed by atoms with Crippen molar-refractivity contribution in [2.45, 2.75) is 45.6 Å². The zero-order valence-electron chi connectivity index (χ0n) is 18.6. The normalized spacial score (nSPS) is 14.8. The van der Waals surface area contributed by atoms with Crippen LogP contribution < -0.4 is 5.32 Å². The molecular formula is C26H29N3O3. The smallest absolute Gasteiger partial charge is 0.274 e. The van der Waals surface area contributed by atoms with Gasteiger partial charge in [0, 0.05) is 31.1 Å². The second kappa shape index (κ2) is 9.81. The Morgan fingerprint density at radius 3 is 2.47 bits per heavy atom. The van der Waals surface area contributed by atoms with Crippen LogP contribution in [-0.4, -0.2) is 41.0 Å². The van der Waals surface area contributed by atoms with E-state index in [0.717, 1.165) is 49.0 Å². The second-order valence-electron chi connectivity index (χ2n) is 8.48. The maximum Gasteiger partial charge on any atom is 0.274 e. The van der Waals surface area contributed by atoms with Gasteiger partial charge in [-0.25, -0.2) is 0 Å². The van der Waals surface area contributed by atoms with Crippen molar-refractivity contribution in [2.75, 3.05) is 13.1 Å². The summed E-state index contributed by atoms with van der Waals surface area (Å²) < 4.78 is 5.44. The van der Waals surface area contributed by atoms with E-state index >= 15 is 0 Å². The Morgan fingerprint density at radius 1 is 1.00 bits per heavy atom. The van der Waals surface area contributed by atoms with E-state index in [2.05, 4.69) is 10.5 Å². The van der Waals surface area contributed by atoms with E-state index in [-0.39, 0.29) is 11.6 Å². The molecule has 0 saturated carbocycles. The topological polar surface area (TPSA) is 75.4 Å². The number of carbonyl (C=O) groups is 2. The number of hydrogen-bond donors (Lipinski definition) is 1. The molecule has 0 radical (unpaired) electrons. The first kappa shape index (κ1) is 21.8. The Hall–Kier alpha value is -3.41. The van der Waals surface area contributed by atoms with Crippen LogP contribution in [0.5, 0.6) is 0 Å². The highest BCUT2D eigenvalue weighted by atomic mass is 16.5. The van der Waals surface area contributed by atoms with E-state index in [9.17, 15) is 9.59 Å². The molecule has 6 heteroatoms. The van der Waals surface area contributed by atoms with Gasteiger partial charge in [-0.15, -0.1) is 0 Å². The summed E-state index contributed by atoms with van der Waals surface area (Å²) >= 11 is 0. The molecule has 32 heavy (non-hydrogen) atoms. The highest BCUT2D eigenvalue weighted by Crippen LogP contribution is 2.23. The molecule has 1 saturated heterocycles. The zero-order valence-corrected chi connectivity index (χ0v) is 18.6. The molecule has 0 bridgehead atoms. The summed E-state index contributed by atoms with van der Waals surface area (Å²) in [5.41, 5.74) is 4.36. The lowest BCUT2D eigenvalue weighted by molar-refractivity contribution is -0.134. The van der Waals surface area contributed by atoms with Gasteiger partial charge in [-0.2, -0.15) is 0 Å². The first-order valence-corrected chi connectivity index (χ1v) is 11.2. The number of carbonyl (C=O) groups excluding carboxylic acids is 2. The number of aromatic nitrogens is 1. The van der Waals surface area contributed by atoms with Crippen LogP contribution in [0, 0.1) is 13.8 Å². The maximum absolute atomic E-state index is 13.2. The van der Waals surface area contributed by atoms with Crippen molar-refractivity contribution >= 4 is 11.8 Å². The minimum absolute atomic E-state index is 0.0419. The number of hydrogen-bond acceptors (Lipinski definition) is 4. The van der Waals surface area contributed by atoms with Gasteiger partial charge >= 0.3 is 0 Å². The highest BCUT2D eigenvalue weighted by Gasteiger charge is 2.28. The largest absolute Gasteiger partial charge is 0.355 e. The van der Waals surface area contributed by atoms with Crippen LogP contribution in [0.3, 0.4) is 0 Å². The SMILES string of the molecule is Cc1ccc(-c2cc(C(=O)N[C@H](Cc3ccccc3)C(=O)N3CCCCC3)no2)cc1C. The molecule has 6 nitrogen and oxygen atoms in total. The molecule has 2 aromatic carbocycles. The summed E-state index contributed by atoms with van der Waals surface area (Å²) in [6.45, 7) is 5.55. The van der Waals surface area contributed by atoms with Crippen LogP contribution in [0.15, 0.2) is 59.1 Å². The molecule has 0 spiro atoms. The number of nitrogens with zero attached hydrogens (tertiary/aromatic N) is 2. The fourth-order valence-electron chi connectivity index (χ4n) is 4.03. The van der Waals surface area contributed by atoms with Crippen molar-refractivity contribution in [3.05, 3.63) is 77.0 Å². The predicted molar refractivity (Wildman–Crippen MR) is 123 cm³/mol. The first-order chi connectivity index (χ1) is 15.5. The van der Waals surface area contributed by atoms with Gasteiger partial charge in [-0.1, -0.05) is 47.6 Å². The van der Waals surface area contributed by atoms with Gasteiger partial charge in [0.05, 0.1) is 0 Å². The predicted octanol–water partition coefficient (Wildman–Crippen LogP) is 4.31. The van der Waals surface area contributed by atoms with E-state index in [1.54, 1.807) is 6.07 Å². The number of nitrogens with one attached hydrogen (secondary N) is 1. The van der Waals surface area contributed by atoms with Crippen LogP contribution in [0.2, 0.25) is 0 Å². The molecule has 1 fully saturated rings.